The van der Waals surface area contributed by atoms with Gasteiger partial charge in [0.2, 0.25) is 5.91 Å². The molecule has 2 fully saturated rings. The van der Waals surface area contributed by atoms with Gasteiger partial charge in [0.1, 0.15) is 0 Å². The van der Waals surface area contributed by atoms with E-state index in [1.54, 1.807) is 10.9 Å². The zero-order valence-corrected chi connectivity index (χ0v) is 15.1. The van der Waals surface area contributed by atoms with Gasteiger partial charge < -0.3 is 15.1 Å². The van der Waals surface area contributed by atoms with Crippen molar-refractivity contribution in [2.45, 2.75) is 58.0 Å². The van der Waals surface area contributed by atoms with Crippen LogP contribution in [0.5, 0.6) is 0 Å². The summed E-state index contributed by atoms with van der Waals surface area (Å²) in [6, 6.07) is 0.365. The molecule has 3 amide bonds. The van der Waals surface area contributed by atoms with E-state index in [4.69, 9.17) is 0 Å². The first-order chi connectivity index (χ1) is 12.1. The lowest BCUT2D eigenvalue weighted by molar-refractivity contribution is -0.132. The van der Waals surface area contributed by atoms with Crippen molar-refractivity contribution in [2.24, 2.45) is 0 Å². The summed E-state index contributed by atoms with van der Waals surface area (Å²) in [5.41, 5.74) is 1.10. The molecule has 1 aromatic heterocycles. The van der Waals surface area contributed by atoms with Crippen molar-refractivity contribution in [3.05, 3.63) is 18.0 Å². The van der Waals surface area contributed by atoms with E-state index >= 15 is 0 Å². The van der Waals surface area contributed by atoms with Gasteiger partial charge in [0.05, 0.1) is 6.20 Å². The van der Waals surface area contributed by atoms with Gasteiger partial charge in [0.25, 0.3) is 0 Å². The molecule has 1 aliphatic heterocycles. The second-order valence-electron chi connectivity index (χ2n) is 7.18. The lowest BCUT2D eigenvalue weighted by Gasteiger charge is -2.36. The zero-order valence-electron chi connectivity index (χ0n) is 15.1. The van der Waals surface area contributed by atoms with E-state index in [9.17, 15) is 9.59 Å². The fourth-order valence-electron chi connectivity index (χ4n) is 3.63. The first-order valence-corrected chi connectivity index (χ1v) is 9.44. The van der Waals surface area contributed by atoms with Crippen molar-refractivity contribution in [3.8, 4) is 0 Å². The molecule has 0 bridgehead atoms. The van der Waals surface area contributed by atoms with Gasteiger partial charge in [0, 0.05) is 51.4 Å². The van der Waals surface area contributed by atoms with Gasteiger partial charge in [-0.1, -0.05) is 19.3 Å². The van der Waals surface area contributed by atoms with E-state index in [-0.39, 0.29) is 11.9 Å². The fraction of sp³-hybridized carbons (Fsp3) is 0.722. The standard InChI is InChI=1S/C18H29N5O2/c1-15-13-19-23(14-15)8-7-17(24)21-9-11-22(12-10-21)18(25)20-16-5-3-2-4-6-16/h13-14,16H,2-12H2,1H3,(H,20,25). The molecular weight excluding hydrogens is 318 g/mol. The third kappa shape index (κ3) is 4.96. The quantitative estimate of drug-likeness (QED) is 0.902. The SMILES string of the molecule is Cc1cnn(CCC(=O)N2CCN(C(=O)NC3CCCCC3)CC2)c1. The highest BCUT2D eigenvalue weighted by molar-refractivity contribution is 5.77. The molecule has 7 heteroatoms. The number of rotatable bonds is 4. The molecule has 3 rings (SSSR count). The van der Waals surface area contributed by atoms with E-state index in [1.165, 1.54) is 19.3 Å². The van der Waals surface area contributed by atoms with Crippen LogP contribution in [-0.2, 0) is 11.3 Å². The molecule has 1 N–H and O–H groups in total. The molecule has 0 atom stereocenters. The first-order valence-electron chi connectivity index (χ1n) is 9.44. The lowest BCUT2D eigenvalue weighted by atomic mass is 9.96. The number of aromatic nitrogens is 2. The van der Waals surface area contributed by atoms with Gasteiger partial charge in [0.15, 0.2) is 0 Å². The van der Waals surface area contributed by atoms with Crippen LogP contribution in [0.4, 0.5) is 4.79 Å². The van der Waals surface area contributed by atoms with Crippen LogP contribution in [0.1, 0.15) is 44.1 Å². The number of hydrogen-bond acceptors (Lipinski definition) is 3. The van der Waals surface area contributed by atoms with Crippen LogP contribution < -0.4 is 5.32 Å². The largest absolute Gasteiger partial charge is 0.339 e. The van der Waals surface area contributed by atoms with Gasteiger partial charge >= 0.3 is 6.03 Å². The number of carbonyl (C=O) groups excluding carboxylic acids is 2. The number of nitrogens with one attached hydrogen (secondary N) is 1. The van der Waals surface area contributed by atoms with Gasteiger partial charge in [-0.15, -0.1) is 0 Å². The number of nitrogens with zero attached hydrogens (tertiary/aromatic N) is 4. The highest BCUT2D eigenvalue weighted by Gasteiger charge is 2.25. The Balaban J connectivity index is 1.38. The van der Waals surface area contributed by atoms with E-state index in [0.29, 0.717) is 45.2 Å². The van der Waals surface area contributed by atoms with Crippen LogP contribution in [-0.4, -0.2) is 63.7 Å². The molecule has 0 spiro atoms. The third-order valence-electron chi connectivity index (χ3n) is 5.17. The minimum absolute atomic E-state index is 0.0333. The smallest absolute Gasteiger partial charge is 0.317 e. The predicted molar refractivity (Wildman–Crippen MR) is 95.1 cm³/mol. The normalized spacial score (nSPS) is 19.1. The highest BCUT2D eigenvalue weighted by Crippen LogP contribution is 2.17. The number of amides is 3. The second kappa shape index (κ2) is 8.36. The minimum Gasteiger partial charge on any atom is -0.339 e. The Morgan fingerprint density at radius 1 is 1.12 bits per heavy atom. The molecule has 1 saturated carbocycles. The average Bonchev–Trinajstić information content (AvgIpc) is 3.06. The maximum absolute atomic E-state index is 12.4. The molecular formula is C18H29N5O2. The van der Waals surface area contributed by atoms with Crippen molar-refractivity contribution in [2.75, 3.05) is 26.2 Å². The topological polar surface area (TPSA) is 70.5 Å². The number of urea groups is 1. The Bertz CT molecular complexity index is 586. The van der Waals surface area contributed by atoms with Crippen LogP contribution >= 0.6 is 0 Å². The molecule has 0 radical (unpaired) electrons. The maximum atomic E-state index is 12.4. The van der Waals surface area contributed by atoms with E-state index in [0.717, 1.165) is 18.4 Å². The van der Waals surface area contributed by atoms with Crippen molar-refractivity contribution in [3.63, 3.8) is 0 Å². The Morgan fingerprint density at radius 3 is 2.44 bits per heavy atom. The van der Waals surface area contributed by atoms with Crippen molar-refractivity contribution < 1.29 is 9.59 Å². The summed E-state index contributed by atoms with van der Waals surface area (Å²) in [7, 11) is 0. The Kier molecular flexibility index (Phi) is 5.94. The van der Waals surface area contributed by atoms with Crippen molar-refractivity contribution in [1.29, 1.82) is 0 Å². The average molecular weight is 347 g/mol. The predicted octanol–water partition coefficient (Wildman–Crippen LogP) is 1.77. The van der Waals surface area contributed by atoms with Crippen LogP contribution in [0.25, 0.3) is 0 Å². The number of hydrogen-bond donors (Lipinski definition) is 1. The molecule has 2 heterocycles. The minimum atomic E-state index is 0.0333. The fourth-order valence-corrected chi connectivity index (χ4v) is 3.63. The Hall–Kier alpha value is -2.05. The molecule has 1 saturated heterocycles. The van der Waals surface area contributed by atoms with Crippen LogP contribution in [0.15, 0.2) is 12.4 Å². The summed E-state index contributed by atoms with van der Waals surface area (Å²) >= 11 is 0. The van der Waals surface area contributed by atoms with Gasteiger partial charge in [-0.25, -0.2) is 4.79 Å². The van der Waals surface area contributed by atoms with Gasteiger partial charge in [-0.2, -0.15) is 5.10 Å². The summed E-state index contributed by atoms with van der Waals surface area (Å²) in [5, 5.41) is 7.36. The number of piperazine rings is 1. The van der Waals surface area contributed by atoms with Crippen LogP contribution in [0.3, 0.4) is 0 Å². The highest BCUT2D eigenvalue weighted by atomic mass is 16.2. The first kappa shape index (κ1) is 17.8. The molecule has 1 aromatic rings. The molecule has 0 aromatic carbocycles. The van der Waals surface area contributed by atoms with Crippen molar-refractivity contribution in [1.82, 2.24) is 24.9 Å². The second-order valence-corrected chi connectivity index (χ2v) is 7.18. The molecule has 25 heavy (non-hydrogen) atoms. The summed E-state index contributed by atoms with van der Waals surface area (Å²) in [6.45, 7) is 5.07. The molecule has 138 valence electrons. The molecule has 0 unspecified atom stereocenters. The number of carbonyl (C=O) groups is 2. The van der Waals surface area contributed by atoms with Gasteiger partial charge in [-0.3, -0.25) is 9.48 Å². The van der Waals surface area contributed by atoms with Crippen LogP contribution in [0.2, 0.25) is 0 Å². The molecule has 2 aliphatic rings. The van der Waals surface area contributed by atoms with Gasteiger partial charge in [-0.05, 0) is 25.3 Å². The van der Waals surface area contributed by atoms with E-state index < -0.39 is 0 Å². The molecule has 1 aliphatic carbocycles. The molecule has 7 nitrogen and oxygen atoms in total. The number of aryl methyl sites for hydroxylation is 2. The maximum Gasteiger partial charge on any atom is 0.317 e. The summed E-state index contributed by atoms with van der Waals surface area (Å²) in [4.78, 5) is 28.4. The van der Waals surface area contributed by atoms with Crippen LogP contribution in [0, 0.1) is 6.92 Å². The monoisotopic (exact) mass is 347 g/mol. The Morgan fingerprint density at radius 2 is 1.80 bits per heavy atom. The summed E-state index contributed by atoms with van der Waals surface area (Å²) in [5.74, 6) is 0.139. The van der Waals surface area contributed by atoms with Crippen molar-refractivity contribution >= 4 is 11.9 Å². The third-order valence-corrected chi connectivity index (χ3v) is 5.17. The van der Waals surface area contributed by atoms with E-state index in [2.05, 4.69) is 10.4 Å². The Labute approximate surface area is 149 Å². The summed E-state index contributed by atoms with van der Waals surface area (Å²) in [6.07, 6.45) is 10.1. The zero-order chi connectivity index (χ0) is 17.6. The lowest BCUT2D eigenvalue weighted by Crippen LogP contribution is -2.54. The van der Waals surface area contributed by atoms with E-state index in [1.807, 2.05) is 22.9 Å². The summed E-state index contributed by atoms with van der Waals surface area (Å²) < 4.78 is 1.81.